The van der Waals surface area contributed by atoms with Gasteiger partial charge in [0.2, 0.25) is 0 Å². The number of anilines is 1. The van der Waals surface area contributed by atoms with Crippen LogP contribution in [0.2, 0.25) is 0 Å². The zero-order chi connectivity index (χ0) is 12.3. The Morgan fingerprint density at radius 1 is 1.35 bits per heavy atom. The smallest absolute Gasteiger partial charge is 0.182 e. The quantitative estimate of drug-likeness (QED) is 0.859. The molecule has 0 aromatic carbocycles. The third-order valence-electron chi connectivity index (χ3n) is 2.42. The summed E-state index contributed by atoms with van der Waals surface area (Å²) >= 11 is 0. The Kier molecular flexibility index (Phi) is 3.01. The summed E-state index contributed by atoms with van der Waals surface area (Å²) in [4.78, 5) is 7.98. The fourth-order valence-corrected chi connectivity index (χ4v) is 1.48. The summed E-state index contributed by atoms with van der Waals surface area (Å²) in [5.41, 5.74) is 2.08. The predicted molar refractivity (Wildman–Crippen MR) is 60.1 cm³/mol. The van der Waals surface area contributed by atoms with Gasteiger partial charge in [0.05, 0.1) is 5.69 Å². The van der Waals surface area contributed by atoms with Crippen molar-refractivity contribution in [1.29, 1.82) is 5.26 Å². The summed E-state index contributed by atoms with van der Waals surface area (Å²) in [6.45, 7) is 4.23. The largest absolute Gasteiger partial charge is 0.363 e. The molecule has 0 spiro atoms. The predicted octanol–water partition coefficient (Wildman–Crippen LogP) is 1.57. The number of hydrogen-bond acceptors (Lipinski definition) is 6. The maximum atomic E-state index is 8.86. The molecule has 0 amide bonds. The number of rotatable bonds is 3. The van der Waals surface area contributed by atoms with E-state index < -0.39 is 0 Å². The van der Waals surface area contributed by atoms with Gasteiger partial charge in [-0.15, -0.1) is 0 Å². The number of nitrogens with one attached hydrogen (secondary N) is 1. The van der Waals surface area contributed by atoms with Crippen molar-refractivity contribution in [2.45, 2.75) is 20.4 Å². The zero-order valence-corrected chi connectivity index (χ0v) is 9.56. The summed E-state index contributed by atoms with van der Waals surface area (Å²) in [7, 11) is 0. The van der Waals surface area contributed by atoms with Crippen LogP contribution in [0.15, 0.2) is 16.9 Å². The molecule has 0 bridgehead atoms. The highest BCUT2D eigenvalue weighted by molar-refractivity contribution is 5.47. The van der Waals surface area contributed by atoms with Crippen LogP contribution in [0, 0.1) is 25.2 Å². The van der Waals surface area contributed by atoms with Gasteiger partial charge in [-0.1, -0.05) is 5.16 Å². The van der Waals surface area contributed by atoms with Crippen LogP contribution in [-0.4, -0.2) is 15.1 Å². The van der Waals surface area contributed by atoms with Gasteiger partial charge in [-0.3, -0.25) is 0 Å². The average molecular weight is 229 g/mol. The molecule has 1 N–H and O–H groups in total. The monoisotopic (exact) mass is 229 g/mol. The lowest BCUT2D eigenvalue weighted by atomic mass is 10.2. The first kappa shape index (κ1) is 11.1. The van der Waals surface area contributed by atoms with E-state index in [1.54, 1.807) is 0 Å². The maximum absolute atomic E-state index is 8.86. The van der Waals surface area contributed by atoms with Crippen molar-refractivity contribution in [3.05, 3.63) is 35.1 Å². The summed E-state index contributed by atoms with van der Waals surface area (Å²) in [5.74, 6) is 1.23. The van der Waals surface area contributed by atoms with Crippen LogP contribution in [-0.2, 0) is 6.54 Å². The third kappa shape index (κ3) is 2.23. The van der Waals surface area contributed by atoms with E-state index in [1.807, 2.05) is 19.9 Å². The first-order valence-electron chi connectivity index (χ1n) is 5.09. The summed E-state index contributed by atoms with van der Waals surface area (Å²) in [5, 5.41) is 15.8. The lowest BCUT2D eigenvalue weighted by Crippen LogP contribution is -2.05. The highest BCUT2D eigenvalue weighted by atomic mass is 16.5. The van der Waals surface area contributed by atoms with Crippen LogP contribution in [0.25, 0.3) is 0 Å². The van der Waals surface area contributed by atoms with E-state index in [0.717, 1.165) is 17.0 Å². The summed E-state index contributed by atoms with van der Waals surface area (Å²) < 4.78 is 5.05. The molecule has 0 aliphatic heterocycles. The van der Waals surface area contributed by atoms with Gasteiger partial charge >= 0.3 is 0 Å². The number of aryl methyl sites for hydroxylation is 2. The molecule has 0 atom stereocenters. The van der Waals surface area contributed by atoms with Gasteiger partial charge in [0.1, 0.15) is 11.8 Å². The number of hydrogen-bond donors (Lipinski definition) is 1. The summed E-state index contributed by atoms with van der Waals surface area (Å²) in [6, 6.07) is 1.98. The molecular formula is C11H11N5O. The number of nitrogens with zero attached hydrogens (tertiary/aromatic N) is 4. The molecule has 0 saturated carbocycles. The second-order valence-corrected chi connectivity index (χ2v) is 3.52. The van der Waals surface area contributed by atoms with E-state index in [1.165, 1.54) is 12.4 Å². The first-order valence-corrected chi connectivity index (χ1v) is 5.09. The Morgan fingerprint density at radius 2 is 2.12 bits per heavy atom. The molecule has 17 heavy (non-hydrogen) atoms. The van der Waals surface area contributed by atoms with Gasteiger partial charge in [-0.25, -0.2) is 9.97 Å². The molecule has 0 unspecified atom stereocenters. The normalized spacial score (nSPS) is 9.94. The topological polar surface area (TPSA) is 87.6 Å². The van der Waals surface area contributed by atoms with Gasteiger partial charge in [-0.2, -0.15) is 5.26 Å². The Morgan fingerprint density at radius 3 is 2.76 bits per heavy atom. The third-order valence-corrected chi connectivity index (χ3v) is 2.42. The van der Waals surface area contributed by atoms with Crippen LogP contribution in [0.3, 0.4) is 0 Å². The minimum atomic E-state index is 0.277. The van der Waals surface area contributed by atoms with Crippen molar-refractivity contribution < 1.29 is 4.52 Å². The van der Waals surface area contributed by atoms with Gasteiger partial charge in [0.25, 0.3) is 0 Å². The molecule has 2 heterocycles. The van der Waals surface area contributed by atoms with Crippen LogP contribution in [0.5, 0.6) is 0 Å². The molecule has 0 fully saturated rings. The van der Waals surface area contributed by atoms with E-state index in [-0.39, 0.29) is 5.69 Å². The van der Waals surface area contributed by atoms with E-state index in [2.05, 4.69) is 20.4 Å². The van der Waals surface area contributed by atoms with Gasteiger partial charge in [-0.05, 0) is 13.8 Å². The molecule has 0 radical (unpaired) electrons. The molecular weight excluding hydrogens is 218 g/mol. The van der Waals surface area contributed by atoms with Crippen molar-refractivity contribution in [2.24, 2.45) is 0 Å². The second-order valence-electron chi connectivity index (χ2n) is 3.52. The fourth-order valence-electron chi connectivity index (χ4n) is 1.48. The molecule has 86 valence electrons. The highest BCUT2D eigenvalue weighted by Gasteiger charge is 2.10. The van der Waals surface area contributed by atoms with Crippen LogP contribution >= 0.6 is 0 Å². The zero-order valence-electron chi connectivity index (χ0n) is 9.56. The van der Waals surface area contributed by atoms with Gasteiger partial charge < -0.3 is 9.84 Å². The molecule has 6 heteroatoms. The van der Waals surface area contributed by atoms with E-state index >= 15 is 0 Å². The minimum absolute atomic E-state index is 0.277. The standard InChI is InChI=1S/C11H11N5O/c1-7-9(8(2)17-16-7)6-15-11-10(5-12)13-3-4-14-11/h3-4H,6H2,1-2H3,(H,14,15). The Bertz CT molecular complexity index is 550. The minimum Gasteiger partial charge on any atom is -0.363 e. The lowest BCUT2D eigenvalue weighted by molar-refractivity contribution is 0.392. The Labute approximate surface area is 98.3 Å². The van der Waals surface area contributed by atoms with Crippen molar-refractivity contribution in [3.8, 4) is 6.07 Å². The first-order chi connectivity index (χ1) is 8.22. The Balaban J connectivity index is 2.16. The molecule has 0 aliphatic carbocycles. The van der Waals surface area contributed by atoms with E-state index in [9.17, 15) is 0 Å². The molecule has 0 saturated heterocycles. The number of nitriles is 1. The maximum Gasteiger partial charge on any atom is 0.182 e. The van der Waals surface area contributed by atoms with Crippen molar-refractivity contribution in [2.75, 3.05) is 5.32 Å². The van der Waals surface area contributed by atoms with E-state index in [0.29, 0.717) is 12.4 Å². The van der Waals surface area contributed by atoms with Crippen LogP contribution in [0.1, 0.15) is 22.7 Å². The molecule has 2 aromatic heterocycles. The van der Waals surface area contributed by atoms with E-state index in [4.69, 9.17) is 9.78 Å². The molecule has 0 aliphatic rings. The lowest BCUT2D eigenvalue weighted by Gasteiger charge is -2.05. The fraction of sp³-hybridized carbons (Fsp3) is 0.273. The second kappa shape index (κ2) is 4.61. The van der Waals surface area contributed by atoms with Crippen molar-refractivity contribution >= 4 is 5.82 Å². The van der Waals surface area contributed by atoms with Crippen LogP contribution < -0.4 is 5.32 Å². The SMILES string of the molecule is Cc1noc(C)c1CNc1nccnc1C#N. The molecule has 2 rings (SSSR count). The Hall–Kier alpha value is -2.42. The molecule has 2 aromatic rings. The van der Waals surface area contributed by atoms with Gasteiger partial charge in [0.15, 0.2) is 11.5 Å². The summed E-state index contributed by atoms with van der Waals surface area (Å²) in [6.07, 6.45) is 3.02. The molecule has 6 nitrogen and oxygen atoms in total. The van der Waals surface area contributed by atoms with Crippen molar-refractivity contribution in [3.63, 3.8) is 0 Å². The van der Waals surface area contributed by atoms with Crippen molar-refractivity contribution in [1.82, 2.24) is 15.1 Å². The number of aromatic nitrogens is 3. The van der Waals surface area contributed by atoms with Crippen LogP contribution in [0.4, 0.5) is 5.82 Å². The average Bonchev–Trinajstić information content (AvgIpc) is 2.67. The highest BCUT2D eigenvalue weighted by Crippen LogP contribution is 2.15. The van der Waals surface area contributed by atoms with Gasteiger partial charge in [0, 0.05) is 24.5 Å².